The van der Waals surface area contributed by atoms with Crippen LogP contribution < -0.4 is 14.2 Å². The molecular formula is C17H23NO7. The molecular weight excluding hydrogens is 330 g/mol. The number of benzene rings is 1. The van der Waals surface area contributed by atoms with E-state index in [0.29, 0.717) is 49.9 Å². The molecule has 0 aromatic heterocycles. The molecule has 8 heteroatoms. The van der Waals surface area contributed by atoms with Crippen LogP contribution in [0.2, 0.25) is 0 Å². The van der Waals surface area contributed by atoms with Crippen molar-refractivity contribution in [2.75, 3.05) is 47.6 Å². The Labute approximate surface area is 146 Å². The van der Waals surface area contributed by atoms with Crippen molar-refractivity contribution >= 4 is 11.9 Å². The van der Waals surface area contributed by atoms with Gasteiger partial charge in [0.05, 0.1) is 21.3 Å². The quantitative estimate of drug-likeness (QED) is 0.682. The molecule has 2 rings (SSSR count). The number of carbonyl (C=O) groups excluding carboxylic acids is 2. The predicted molar refractivity (Wildman–Crippen MR) is 88.4 cm³/mol. The Hall–Kier alpha value is -2.48. The molecule has 1 saturated heterocycles. The Kier molecular flexibility index (Phi) is 6.88. The Morgan fingerprint density at radius 1 is 1.20 bits per heavy atom. The van der Waals surface area contributed by atoms with Crippen molar-refractivity contribution in [1.29, 1.82) is 0 Å². The smallest absolute Gasteiger partial charge is 0.497 e. The molecule has 8 nitrogen and oxygen atoms in total. The zero-order valence-electron chi connectivity index (χ0n) is 14.6. The van der Waals surface area contributed by atoms with E-state index in [1.54, 1.807) is 32.4 Å². The van der Waals surface area contributed by atoms with Gasteiger partial charge in [-0.2, -0.15) is 0 Å². The molecule has 138 valence electrons. The molecule has 0 spiro atoms. The van der Waals surface area contributed by atoms with Gasteiger partial charge in [0.1, 0.15) is 12.4 Å². The highest BCUT2D eigenvalue weighted by atomic mass is 16.7. The second kappa shape index (κ2) is 9.12. The van der Waals surface area contributed by atoms with E-state index < -0.39 is 12.3 Å². The Balaban J connectivity index is 1.87. The van der Waals surface area contributed by atoms with E-state index >= 15 is 0 Å². The van der Waals surface area contributed by atoms with E-state index in [1.165, 1.54) is 7.11 Å². The van der Waals surface area contributed by atoms with Crippen LogP contribution in [0.1, 0.15) is 6.42 Å². The fourth-order valence-electron chi connectivity index (χ4n) is 2.51. The summed E-state index contributed by atoms with van der Waals surface area (Å²) < 4.78 is 25.6. The van der Waals surface area contributed by atoms with Crippen molar-refractivity contribution in [3.05, 3.63) is 18.2 Å². The van der Waals surface area contributed by atoms with Crippen molar-refractivity contribution < 1.29 is 33.3 Å². The first-order valence-corrected chi connectivity index (χ1v) is 7.92. The average Bonchev–Trinajstić information content (AvgIpc) is 2.64. The standard InChI is InChI=1S/C17H23NO7/c1-21-12-4-5-14(22-2)15(10-12)24-9-8-18-7-6-13(19)16(11-18)25-17(20)23-3/h4-5,10,16H,6-9,11H2,1-3H3. The molecule has 1 heterocycles. The molecule has 1 aliphatic heterocycles. The summed E-state index contributed by atoms with van der Waals surface area (Å²) >= 11 is 0. The molecule has 1 aromatic carbocycles. The highest BCUT2D eigenvalue weighted by molar-refractivity contribution is 5.85. The third-order valence-electron chi connectivity index (χ3n) is 3.90. The molecule has 25 heavy (non-hydrogen) atoms. The number of piperidine rings is 1. The summed E-state index contributed by atoms with van der Waals surface area (Å²) in [7, 11) is 4.36. The van der Waals surface area contributed by atoms with Gasteiger partial charge in [-0.15, -0.1) is 0 Å². The minimum absolute atomic E-state index is 0.1000. The lowest BCUT2D eigenvalue weighted by molar-refractivity contribution is -0.133. The number of likely N-dealkylation sites (tertiary alicyclic amines) is 1. The second-order valence-electron chi connectivity index (χ2n) is 5.44. The van der Waals surface area contributed by atoms with Crippen LogP contribution in [0.5, 0.6) is 17.2 Å². The van der Waals surface area contributed by atoms with Gasteiger partial charge in [0.2, 0.25) is 0 Å². The predicted octanol–water partition coefficient (Wildman–Crippen LogP) is 1.51. The minimum atomic E-state index is -0.849. The van der Waals surface area contributed by atoms with Gasteiger partial charge in [0, 0.05) is 32.1 Å². The molecule has 1 fully saturated rings. The number of hydrogen-bond donors (Lipinski definition) is 0. The maximum absolute atomic E-state index is 11.8. The van der Waals surface area contributed by atoms with Crippen molar-refractivity contribution in [3.8, 4) is 17.2 Å². The summed E-state index contributed by atoms with van der Waals surface area (Å²) in [5.74, 6) is 1.77. The van der Waals surface area contributed by atoms with Crippen LogP contribution in [0.4, 0.5) is 4.79 Å². The number of hydrogen-bond acceptors (Lipinski definition) is 8. The summed E-state index contributed by atoms with van der Waals surface area (Å²) in [6.45, 7) is 1.89. The Morgan fingerprint density at radius 3 is 2.68 bits per heavy atom. The summed E-state index contributed by atoms with van der Waals surface area (Å²) in [6, 6.07) is 5.31. The van der Waals surface area contributed by atoms with Crippen molar-refractivity contribution in [2.24, 2.45) is 0 Å². The molecule has 1 atom stereocenters. The third-order valence-corrected chi connectivity index (χ3v) is 3.90. The number of carbonyl (C=O) groups is 2. The number of rotatable bonds is 7. The molecule has 1 aromatic rings. The SMILES string of the molecule is COC(=O)OC1CN(CCOc2cc(OC)ccc2OC)CCC1=O. The number of nitrogens with zero attached hydrogens (tertiary/aromatic N) is 1. The molecule has 1 unspecified atom stereocenters. The highest BCUT2D eigenvalue weighted by Crippen LogP contribution is 2.31. The van der Waals surface area contributed by atoms with Crippen LogP contribution in [0.25, 0.3) is 0 Å². The lowest BCUT2D eigenvalue weighted by Crippen LogP contribution is -2.47. The lowest BCUT2D eigenvalue weighted by atomic mass is 10.1. The highest BCUT2D eigenvalue weighted by Gasteiger charge is 2.30. The van der Waals surface area contributed by atoms with Crippen LogP contribution >= 0.6 is 0 Å². The Bertz CT molecular complexity index is 605. The number of ketones is 1. The van der Waals surface area contributed by atoms with E-state index in [-0.39, 0.29) is 5.78 Å². The van der Waals surface area contributed by atoms with Gasteiger partial charge in [-0.25, -0.2) is 4.79 Å². The maximum Gasteiger partial charge on any atom is 0.508 e. The third kappa shape index (κ3) is 5.25. The molecule has 0 N–H and O–H groups in total. The summed E-state index contributed by atoms with van der Waals surface area (Å²) in [5, 5.41) is 0. The second-order valence-corrected chi connectivity index (χ2v) is 5.44. The summed E-state index contributed by atoms with van der Waals surface area (Å²) in [6.07, 6.45) is -1.32. The van der Waals surface area contributed by atoms with E-state index in [0.717, 1.165) is 0 Å². The van der Waals surface area contributed by atoms with Gasteiger partial charge in [-0.05, 0) is 12.1 Å². The zero-order chi connectivity index (χ0) is 18.2. The van der Waals surface area contributed by atoms with Gasteiger partial charge < -0.3 is 23.7 Å². The molecule has 1 aliphatic rings. The first-order chi connectivity index (χ1) is 12.1. The van der Waals surface area contributed by atoms with Gasteiger partial charge >= 0.3 is 6.16 Å². The summed E-state index contributed by atoms with van der Waals surface area (Å²) in [4.78, 5) is 25.0. The fourth-order valence-corrected chi connectivity index (χ4v) is 2.51. The van der Waals surface area contributed by atoms with Crippen LogP contribution in [-0.4, -0.2) is 70.5 Å². The number of methoxy groups -OCH3 is 3. The largest absolute Gasteiger partial charge is 0.508 e. The number of ether oxygens (including phenoxy) is 5. The molecule has 0 bridgehead atoms. The van der Waals surface area contributed by atoms with E-state index in [1.807, 2.05) is 4.90 Å². The van der Waals surface area contributed by atoms with Gasteiger partial charge in [-0.3, -0.25) is 9.69 Å². The van der Waals surface area contributed by atoms with Crippen LogP contribution in [0.3, 0.4) is 0 Å². The van der Waals surface area contributed by atoms with Crippen molar-refractivity contribution in [1.82, 2.24) is 4.90 Å². The first-order valence-electron chi connectivity index (χ1n) is 7.92. The molecule has 0 aliphatic carbocycles. The molecule has 0 radical (unpaired) electrons. The minimum Gasteiger partial charge on any atom is -0.497 e. The fraction of sp³-hybridized carbons (Fsp3) is 0.529. The van der Waals surface area contributed by atoms with Gasteiger partial charge in [0.15, 0.2) is 23.4 Å². The normalized spacial score (nSPS) is 17.7. The van der Waals surface area contributed by atoms with Crippen LogP contribution in [0.15, 0.2) is 18.2 Å². The monoisotopic (exact) mass is 353 g/mol. The Morgan fingerprint density at radius 2 is 2.00 bits per heavy atom. The van der Waals surface area contributed by atoms with Gasteiger partial charge in [-0.1, -0.05) is 0 Å². The zero-order valence-corrected chi connectivity index (χ0v) is 14.6. The van der Waals surface area contributed by atoms with Crippen LogP contribution in [0, 0.1) is 0 Å². The van der Waals surface area contributed by atoms with Gasteiger partial charge in [0.25, 0.3) is 0 Å². The van der Waals surface area contributed by atoms with E-state index in [9.17, 15) is 9.59 Å². The number of Topliss-reactive ketones (excluding diaryl/α,β-unsaturated/α-hetero) is 1. The summed E-state index contributed by atoms with van der Waals surface area (Å²) in [5.41, 5.74) is 0. The topological polar surface area (TPSA) is 83.5 Å². The molecule has 0 amide bonds. The van der Waals surface area contributed by atoms with E-state index in [2.05, 4.69) is 4.74 Å². The first kappa shape index (κ1) is 18.9. The van der Waals surface area contributed by atoms with Crippen LogP contribution in [-0.2, 0) is 14.3 Å². The lowest BCUT2D eigenvalue weighted by Gasteiger charge is -2.30. The van der Waals surface area contributed by atoms with Crippen molar-refractivity contribution in [2.45, 2.75) is 12.5 Å². The van der Waals surface area contributed by atoms with Crippen molar-refractivity contribution in [3.63, 3.8) is 0 Å². The average molecular weight is 353 g/mol. The maximum atomic E-state index is 11.8. The molecule has 0 saturated carbocycles. The van der Waals surface area contributed by atoms with E-state index in [4.69, 9.17) is 18.9 Å².